The van der Waals surface area contributed by atoms with Gasteiger partial charge in [0.15, 0.2) is 11.5 Å². The Morgan fingerprint density at radius 1 is 1.31 bits per heavy atom. The van der Waals surface area contributed by atoms with E-state index in [4.69, 9.17) is 4.74 Å². The molecule has 7 nitrogen and oxygen atoms in total. The van der Waals surface area contributed by atoms with Gasteiger partial charge in [-0.25, -0.2) is 14.4 Å². The third-order valence-electron chi connectivity index (χ3n) is 5.44. The quantitative estimate of drug-likeness (QED) is 0.720. The summed E-state index contributed by atoms with van der Waals surface area (Å²) < 4.78 is 19.7. The van der Waals surface area contributed by atoms with E-state index in [1.807, 2.05) is 12.1 Å². The molecule has 154 valence electrons. The number of rotatable bonds is 7. The number of carbonyl (C=O) groups excluding carboxylic acids is 1. The van der Waals surface area contributed by atoms with Gasteiger partial charge in [0.1, 0.15) is 6.33 Å². The van der Waals surface area contributed by atoms with Crippen LogP contribution in [0.5, 0.6) is 0 Å². The van der Waals surface area contributed by atoms with Crippen molar-refractivity contribution in [2.24, 2.45) is 5.92 Å². The Morgan fingerprint density at radius 2 is 2.10 bits per heavy atom. The Morgan fingerprint density at radius 3 is 2.86 bits per heavy atom. The molecule has 3 heterocycles. The first kappa shape index (κ1) is 19.9. The number of ether oxygens (including phenoxy) is 1. The smallest absolute Gasteiger partial charge is 0.273 e. The first-order valence-corrected chi connectivity index (χ1v) is 9.92. The Hall–Kier alpha value is -2.42. The van der Waals surface area contributed by atoms with Crippen molar-refractivity contribution in [3.8, 4) is 0 Å². The molecule has 1 aromatic heterocycles. The van der Waals surface area contributed by atoms with Crippen molar-refractivity contribution in [1.82, 2.24) is 20.2 Å². The highest BCUT2D eigenvalue weighted by molar-refractivity contribution is 5.92. The number of fused-ring (bicyclic) bond motifs is 1. The molecular weight excluding hydrogens is 375 g/mol. The molecular formula is C21H25FN4O3. The third-order valence-corrected chi connectivity index (χ3v) is 5.44. The van der Waals surface area contributed by atoms with Crippen LogP contribution < -0.4 is 5.32 Å². The van der Waals surface area contributed by atoms with Gasteiger partial charge in [-0.1, -0.05) is 24.3 Å². The second kappa shape index (κ2) is 8.94. The van der Waals surface area contributed by atoms with Gasteiger partial charge in [-0.05, 0) is 24.0 Å². The molecule has 1 fully saturated rings. The van der Waals surface area contributed by atoms with Crippen LogP contribution in [0.4, 0.5) is 4.39 Å². The molecule has 2 aliphatic heterocycles. The van der Waals surface area contributed by atoms with Crippen LogP contribution >= 0.6 is 0 Å². The molecule has 0 aliphatic carbocycles. The Kier molecular flexibility index (Phi) is 6.13. The van der Waals surface area contributed by atoms with Crippen LogP contribution in [0.2, 0.25) is 0 Å². The fraction of sp³-hybridized carbons (Fsp3) is 0.476. The number of β-amino-alcohol motifs (C(OH)–C–C–N with tert-alkyl or cyclic N) is 1. The summed E-state index contributed by atoms with van der Waals surface area (Å²) in [5.74, 6) is -1.11. The van der Waals surface area contributed by atoms with Crippen molar-refractivity contribution in [2.45, 2.75) is 25.5 Å². The van der Waals surface area contributed by atoms with E-state index in [1.165, 1.54) is 17.5 Å². The SMILES string of the molecule is O=C(NC[C@H](O)CN1CCc2ccccc2C1)c1ncnc(CC2COC2)c1F. The van der Waals surface area contributed by atoms with E-state index in [0.717, 1.165) is 19.5 Å². The summed E-state index contributed by atoms with van der Waals surface area (Å²) in [6.45, 7) is 3.27. The van der Waals surface area contributed by atoms with Crippen LogP contribution in [0, 0.1) is 11.7 Å². The molecule has 2 aliphatic rings. The number of aliphatic hydroxyl groups is 1. The maximum atomic E-state index is 14.6. The van der Waals surface area contributed by atoms with Gasteiger partial charge in [0.05, 0.1) is 25.0 Å². The minimum absolute atomic E-state index is 0.0339. The number of hydrogen-bond acceptors (Lipinski definition) is 6. The zero-order chi connectivity index (χ0) is 20.2. The van der Waals surface area contributed by atoms with Gasteiger partial charge in [-0.2, -0.15) is 0 Å². The van der Waals surface area contributed by atoms with Crippen LogP contribution in [-0.2, 0) is 24.1 Å². The normalized spacial score (nSPS) is 18.0. The highest BCUT2D eigenvalue weighted by atomic mass is 19.1. The summed E-state index contributed by atoms with van der Waals surface area (Å²) in [6, 6.07) is 8.28. The topological polar surface area (TPSA) is 87.6 Å². The molecule has 2 N–H and O–H groups in total. The molecule has 4 rings (SSSR count). The number of carbonyl (C=O) groups is 1. The highest BCUT2D eigenvalue weighted by Gasteiger charge is 2.25. The van der Waals surface area contributed by atoms with Gasteiger partial charge in [-0.3, -0.25) is 9.69 Å². The summed E-state index contributed by atoms with van der Waals surface area (Å²) in [5, 5.41) is 12.9. The van der Waals surface area contributed by atoms with Gasteiger partial charge in [0, 0.05) is 32.1 Å². The standard InChI is InChI=1S/C21H25FN4O3/c22-19-18(7-14-11-29-12-14)24-13-25-20(19)21(28)23-8-17(27)10-26-6-5-15-3-1-2-4-16(15)9-26/h1-4,13-14,17,27H,5-12H2,(H,23,28)/t17-/m0/s1. The Labute approximate surface area is 168 Å². The maximum absolute atomic E-state index is 14.6. The van der Waals surface area contributed by atoms with E-state index in [-0.39, 0.29) is 23.9 Å². The van der Waals surface area contributed by atoms with Gasteiger partial charge in [-0.15, -0.1) is 0 Å². The van der Waals surface area contributed by atoms with Gasteiger partial charge < -0.3 is 15.2 Å². The third kappa shape index (κ3) is 4.77. The molecule has 8 heteroatoms. The highest BCUT2D eigenvalue weighted by Crippen LogP contribution is 2.19. The van der Waals surface area contributed by atoms with E-state index in [2.05, 4.69) is 32.3 Å². The number of nitrogens with one attached hydrogen (secondary N) is 1. The number of amides is 1. The number of halogens is 1. The van der Waals surface area contributed by atoms with Crippen molar-refractivity contribution in [1.29, 1.82) is 0 Å². The lowest BCUT2D eigenvalue weighted by Gasteiger charge is -2.30. The number of aliphatic hydroxyl groups excluding tert-OH is 1. The van der Waals surface area contributed by atoms with E-state index < -0.39 is 17.8 Å². The summed E-state index contributed by atoms with van der Waals surface area (Å²) in [6.07, 6.45) is 1.82. The molecule has 1 amide bonds. The van der Waals surface area contributed by atoms with Crippen molar-refractivity contribution in [3.63, 3.8) is 0 Å². The zero-order valence-electron chi connectivity index (χ0n) is 16.2. The molecule has 29 heavy (non-hydrogen) atoms. The summed E-state index contributed by atoms with van der Waals surface area (Å²) in [5.41, 5.74) is 2.55. The molecule has 1 saturated heterocycles. The maximum Gasteiger partial charge on any atom is 0.273 e. The van der Waals surface area contributed by atoms with E-state index >= 15 is 0 Å². The summed E-state index contributed by atoms with van der Waals surface area (Å²) in [7, 11) is 0. The lowest BCUT2D eigenvalue weighted by molar-refractivity contribution is -0.0320. The Balaban J connectivity index is 1.29. The number of hydrogen-bond donors (Lipinski definition) is 2. The average Bonchev–Trinajstić information content (AvgIpc) is 2.70. The first-order valence-electron chi connectivity index (χ1n) is 9.92. The lowest BCUT2D eigenvalue weighted by atomic mass is 10.00. The van der Waals surface area contributed by atoms with Crippen molar-refractivity contribution in [3.05, 3.63) is 58.9 Å². The van der Waals surface area contributed by atoms with E-state index in [9.17, 15) is 14.3 Å². The van der Waals surface area contributed by atoms with Crippen molar-refractivity contribution >= 4 is 5.91 Å². The van der Waals surface area contributed by atoms with Gasteiger partial charge in [0.25, 0.3) is 5.91 Å². The number of aromatic nitrogens is 2. The molecule has 1 atom stereocenters. The van der Waals surface area contributed by atoms with Gasteiger partial charge >= 0.3 is 0 Å². The van der Waals surface area contributed by atoms with Crippen molar-refractivity contribution in [2.75, 3.05) is 32.8 Å². The minimum Gasteiger partial charge on any atom is -0.390 e. The second-order valence-corrected chi connectivity index (χ2v) is 7.71. The molecule has 2 aromatic rings. The molecule has 0 unspecified atom stereocenters. The van der Waals surface area contributed by atoms with E-state index in [1.54, 1.807) is 0 Å². The van der Waals surface area contributed by atoms with Crippen molar-refractivity contribution < 1.29 is 19.0 Å². The van der Waals surface area contributed by atoms with Gasteiger partial charge in [0.2, 0.25) is 0 Å². The predicted octanol–water partition coefficient (Wildman–Crippen LogP) is 0.954. The summed E-state index contributed by atoms with van der Waals surface area (Å²) >= 11 is 0. The second-order valence-electron chi connectivity index (χ2n) is 7.71. The molecule has 0 bridgehead atoms. The fourth-order valence-electron chi connectivity index (χ4n) is 3.75. The van der Waals surface area contributed by atoms with Crippen LogP contribution in [-0.4, -0.2) is 64.8 Å². The molecule has 0 saturated carbocycles. The zero-order valence-corrected chi connectivity index (χ0v) is 16.2. The summed E-state index contributed by atoms with van der Waals surface area (Å²) in [4.78, 5) is 22.3. The monoisotopic (exact) mass is 400 g/mol. The van der Waals surface area contributed by atoms with Crippen LogP contribution in [0.25, 0.3) is 0 Å². The van der Waals surface area contributed by atoms with Crippen LogP contribution in [0.3, 0.4) is 0 Å². The predicted molar refractivity (Wildman–Crippen MR) is 104 cm³/mol. The Bertz CT molecular complexity index is 875. The molecule has 0 radical (unpaired) electrons. The molecule has 0 spiro atoms. The van der Waals surface area contributed by atoms with Crippen LogP contribution in [0.1, 0.15) is 27.3 Å². The number of nitrogens with zero attached hydrogens (tertiary/aromatic N) is 3. The lowest BCUT2D eigenvalue weighted by Crippen LogP contribution is -2.42. The fourth-order valence-corrected chi connectivity index (χ4v) is 3.75. The first-order chi connectivity index (χ1) is 14.1. The molecule has 1 aromatic carbocycles. The average molecular weight is 400 g/mol. The van der Waals surface area contributed by atoms with E-state index in [0.29, 0.717) is 26.2 Å². The largest absolute Gasteiger partial charge is 0.390 e. The number of benzene rings is 1. The van der Waals surface area contributed by atoms with Crippen LogP contribution in [0.15, 0.2) is 30.6 Å². The minimum atomic E-state index is -0.749.